The van der Waals surface area contributed by atoms with Gasteiger partial charge in [0.15, 0.2) is 0 Å². The van der Waals surface area contributed by atoms with Crippen LogP contribution in [0, 0.1) is 0 Å². The highest BCUT2D eigenvalue weighted by atomic mass is 16.2. The monoisotopic (exact) mass is 381 g/mol. The first kappa shape index (κ1) is 19.8. The zero-order valence-electron chi connectivity index (χ0n) is 16.3. The lowest BCUT2D eigenvalue weighted by molar-refractivity contribution is 0.0718. The summed E-state index contributed by atoms with van der Waals surface area (Å²) in [6.07, 6.45) is 8.42. The van der Waals surface area contributed by atoms with E-state index in [1.165, 1.54) is 12.6 Å². The molecule has 0 unspecified atom stereocenters. The highest BCUT2D eigenvalue weighted by molar-refractivity contribution is 5.92. The van der Waals surface area contributed by atoms with E-state index in [0.717, 1.165) is 44.3 Å². The lowest BCUT2D eigenvalue weighted by Crippen LogP contribution is -2.36. The van der Waals surface area contributed by atoms with Crippen molar-refractivity contribution >= 4 is 17.6 Å². The number of likely N-dealkylation sites (tertiary alicyclic amines) is 1. The molecule has 28 heavy (non-hydrogen) atoms. The molecule has 3 rings (SSSR count). The van der Waals surface area contributed by atoms with Crippen LogP contribution in [-0.4, -0.2) is 46.4 Å². The van der Waals surface area contributed by atoms with Crippen LogP contribution in [0.1, 0.15) is 49.5 Å². The summed E-state index contributed by atoms with van der Waals surface area (Å²) in [5.41, 5.74) is 2.56. The van der Waals surface area contributed by atoms with E-state index in [2.05, 4.69) is 27.5 Å². The Kier molecular flexibility index (Phi) is 6.94. The molecule has 2 N–H and O–H groups in total. The Morgan fingerprint density at radius 3 is 2.54 bits per heavy atom. The number of unbranched alkanes of at least 4 members (excludes halogenated alkanes) is 1. The normalized spacial score (nSPS) is 13.8. The van der Waals surface area contributed by atoms with Crippen LogP contribution in [0.25, 0.3) is 11.3 Å². The second kappa shape index (κ2) is 9.82. The summed E-state index contributed by atoms with van der Waals surface area (Å²) in [5.74, 6) is -0.0592. The zero-order chi connectivity index (χ0) is 19.8. The molecule has 2 heterocycles. The summed E-state index contributed by atoms with van der Waals surface area (Å²) in [4.78, 5) is 35.0. The number of carbonyl (C=O) groups excluding carboxylic acids is 2. The van der Waals surface area contributed by atoms with Crippen LogP contribution in [0.5, 0.6) is 0 Å². The van der Waals surface area contributed by atoms with Crippen molar-refractivity contribution in [2.24, 2.45) is 0 Å². The number of anilines is 1. The maximum Gasteiger partial charge on any atom is 0.319 e. The molecule has 1 aromatic heterocycles. The Labute approximate surface area is 165 Å². The minimum Gasteiger partial charge on any atom is -0.338 e. The molecule has 0 atom stereocenters. The van der Waals surface area contributed by atoms with Crippen molar-refractivity contribution in [3.05, 3.63) is 42.4 Å². The summed E-state index contributed by atoms with van der Waals surface area (Å²) < 4.78 is 0. The number of hydrogen-bond donors (Lipinski definition) is 2. The van der Waals surface area contributed by atoms with Gasteiger partial charge in [0.05, 0.1) is 18.1 Å². The number of nitrogens with one attached hydrogen (secondary N) is 2. The minimum absolute atomic E-state index is 0.0592. The van der Waals surface area contributed by atoms with Gasteiger partial charge in [-0.05, 0) is 37.8 Å². The topological polar surface area (TPSA) is 87.2 Å². The van der Waals surface area contributed by atoms with Gasteiger partial charge in [0, 0.05) is 30.9 Å². The maximum atomic E-state index is 12.6. The van der Waals surface area contributed by atoms with Crippen molar-refractivity contribution in [2.75, 3.05) is 25.0 Å². The van der Waals surface area contributed by atoms with Gasteiger partial charge in [0.2, 0.25) is 0 Å². The first-order valence-electron chi connectivity index (χ1n) is 9.94. The minimum atomic E-state index is -0.213. The van der Waals surface area contributed by atoms with Gasteiger partial charge in [-0.2, -0.15) is 0 Å². The fourth-order valence-electron chi connectivity index (χ4n) is 3.15. The van der Waals surface area contributed by atoms with Gasteiger partial charge < -0.3 is 15.5 Å². The van der Waals surface area contributed by atoms with Crippen molar-refractivity contribution in [3.8, 4) is 11.3 Å². The Bertz CT molecular complexity index is 801. The third kappa shape index (κ3) is 5.28. The molecule has 7 nitrogen and oxygen atoms in total. The number of nitrogens with zero attached hydrogens (tertiary/aromatic N) is 3. The number of aromatic nitrogens is 2. The van der Waals surface area contributed by atoms with E-state index in [-0.39, 0.29) is 11.9 Å². The van der Waals surface area contributed by atoms with Crippen LogP contribution in [0.15, 0.2) is 36.7 Å². The summed E-state index contributed by atoms with van der Waals surface area (Å²) in [6, 6.07) is 7.14. The number of benzene rings is 1. The number of carbonyl (C=O) groups is 2. The maximum absolute atomic E-state index is 12.6. The van der Waals surface area contributed by atoms with Crippen molar-refractivity contribution in [3.63, 3.8) is 0 Å². The van der Waals surface area contributed by atoms with Crippen LogP contribution in [-0.2, 0) is 0 Å². The van der Waals surface area contributed by atoms with E-state index in [9.17, 15) is 9.59 Å². The van der Waals surface area contributed by atoms with E-state index < -0.39 is 0 Å². The zero-order valence-corrected chi connectivity index (χ0v) is 16.3. The number of urea groups is 1. The van der Waals surface area contributed by atoms with Crippen molar-refractivity contribution in [1.29, 1.82) is 0 Å². The second-order valence-corrected chi connectivity index (χ2v) is 6.95. The fraction of sp³-hybridized carbons (Fsp3) is 0.429. The third-order valence-corrected chi connectivity index (χ3v) is 4.75. The quantitative estimate of drug-likeness (QED) is 0.747. The van der Waals surface area contributed by atoms with E-state index >= 15 is 0 Å². The van der Waals surface area contributed by atoms with Crippen LogP contribution in [0.3, 0.4) is 0 Å². The van der Waals surface area contributed by atoms with Gasteiger partial charge in [-0.15, -0.1) is 0 Å². The summed E-state index contributed by atoms with van der Waals surface area (Å²) in [5, 5.41) is 5.62. The SMILES string of the molecule is CCCCNC(=O)Nc1ccc(-c2cncc(C(=O)N3CCCCC3)n2)cc1. The number of piperidine rings is 1. The molecule has 0 spiro atoms. The van der Waals surface area contributed by atoms with Crippen LogP contribution >= 0.6 is 0 Å². The molecule has 0 saturated carbocycles. The van der Waals surface area contributed by atoms with Gasteiger partial charge in [0.1, 0.15) is 5.69 Å². The largest absolute Gasteiger partial charge is 0.338 e. The van der Waals surface area contributed by atoms with Gasteiger partial charge in [-0.3, -0.25) is 9.78 Å². The first-order chi connectivity index (χ1) is 13.7. The summed E-state index contributed by atoms with van der Waals surface area (Å²) in [6.45, 7) is 4.31. The molecule has 1 saturated heterocycles. The smallest absolute Gasteiger partial charge is 0.319 e. The molecular weight excluding hydrogens is 354 g/mol. The molecule has 2 aromatic rings. The molecule has 7 heteroatoms. The molecule has 1 aromatic carbocycles. The van der Waals surface area contributed by atoms with Crippen LogP contribution < -0.4 is 10.6 Å². The van der Waals surface area contributed by atoms with Gasteiger partial charge in [-0.25, -0.2) is 9.78 Å². The molecule has 3 amide bonds. The van der Waals surface area contributed by atoms with Crippen LogP contribution in [0.2, 0.25) is 0 Å². The van der Waals surface area contributed by atoms with Gasteiger partial charge in [-0.1, -0.05) is 25.5 Å². The van der Waals surface area contributed by atoms with Gasteiger partial charge in [0.25, 0.3) is 5.91 Å². The van der Waals surface area contributed by atoms with Crippen molar-refractivity contribution in [1.82, 2.24) is 20.2 Å². The van der Waals surface area contributed by atoms with Crippen molar-refractivity contribution < 1.29 is 9.59 Å². The Balaban J connectivity index is 1.65. The standard InChI is InChI=1S/C21H27N5O2/c1-2-3-11-23-21(28)24-17-9-7-16(8-10-17)18-14-22-15-19(25-18)20(27)26-12-5-4-6-13-26/h7-10,14-15H,2-6,11-13H2,1H3,(H2,23,24,28). The van der Waals surface area contributed by atoms with E-state index in [1.54, 1.807) is 6.20 Å². The molecule has 1 aliphatic heterocycles. The molecular formula is C21H27N5O2. The van der Waals surface area contributed by atoms with Crippen molar-refractivity contribution in [2.45, 2.75) is 39.0 Å². The average molecular weight is 381 g/mol. The molecule has 1 aliphatic rings. The highest BCUT2D eigenvalue weighted by Gasteiger charge is 2.20. The van der Waals surface area contributed by atoms with Gasteiger partial charge >= 0.3 is 6.03 Å². The summed E-state index contributed by atoms with van der Waals surface area (Å²) >= 11 is 0. The predicted octanol–water partition coefficient (Wildman–Crippen LogP) is 3.69. The third-order valence-electron chi connectivity index (χ3n) is 4.75. The number of amides is 3. The lowest BCUT2D eigenvalue weighted by atomic mass is 10.1. The van der Waals surface area contributed by atoms with E-state index in [1.807, 2.05) is 29.2 Å². The fourth-order valence-corrected chi connectivity index (χ4v) is 3.15. The average Bonchev–Trinajstić information content (AvgIpc) is 2.75. The number of rotatable bonds is 6. The molecule has 148 valence electrons. The first-order valence-corrected chi connectivity index (χ1v) is 9.94. The van der Waals surface area contributed by atoms with E-state index in [4.69, 9.17) is 0 Å². The predicted molar refractivity (Wildman–Crippen MR) is 109 cm³/mol. The Morgan fingerprint density at radius 2 is 1.82 bits per heavy atom. The molecule has 0 radical (unpaired) electrons. The van der Waals surface area contributed by atoms with E-state index in [0.29, 0.717) is 23.6 Å². The second-order valence-electron chi connectivity index (χ2n) is 6.95. The Morgan fingerprint density at radius 1 is 1.07 bits per heavy atom. The molecule has 1 fully saturated rings. The van der Waals surface area contributed by atoms with Crippen LogP contribution in [0.4, 0.5) is 10.5 Å². The molecule has 0 bridgehead atoms. The molecule has 0 aliphatic carbocycles. The Hall–Kier alpha value is -2.96. The summed E-state index contributed by atoms with van der Waals surface area (Å²) in [7, 11) is 0. The highest BCUT2D eigenvalue weighted by Crippen LogP contribution is 2.20. The number of hydrogen-bond acceptors (Lipinski definition) is 4. The lowest BCUT2D eigenvalue weighted by Gasteiger charge is -2.26.